The maximum Gasteiger partial charge on any atom is 0.228 e. The number of anilines is 1. The Morgan fingerprint density at radius 3 is 2.76 bits per heavy atom. The van der Waals surface area contributed by atoms with E-state index in [1.165, 1.54) is 44.1 Å². The van der Waals surface area contributed by atoms with Crippen molar-refractivity contribution in [2.45, 2.75) is 64.8 Å². The Morgan fingerprint density at radius 2 is 2.00 bits per heavy atom. The molecule has 3 nitrogen and oxygen atoms in total. The van der Waals surface area contributed by atoms with E-state index in [0.29, 0.717) is 12.5 Å². The van der Waals surface area contributed by atoms with E-state index in [9.17, 15) is 4.79 Å². The number of hydrogen-bond donors (Lipinski definition) is 2. The minimum absolute atomic E-state index is 0.113. The summed E-state index contributed by atoms with van der Waals surface area (Å²) in [4.78, 5) is 11.5. The van der Waals surface area contributed by atoms with Crippen LogP contribution < -0.4 is 10.6 Å². The molecule has 1 unspecified atom stereocenters. The third-order valence-electron chi connectivity index (χ3n) is 4.20. The van der Waals surface area contributed by atoms with Crippen LogP contribution in [0.15, 0.2) is 18.2 Å². The molecule has 0 aliphatic carbocycles. The van der Waals surface area contributed by atoms with E-state index < -0.39 is 0 Å². The van der Waals surface area contributed by atoms with Crippen molar-refractivity contribution < 1.29 is 4.79 Å². The average molecular weight is 288 g/mol. The van der Waals surface area contributed by atoms with Crippen LogP contribution in [-0.2, 0) is 11.2 Å². The van der Waals surface area contributed by atoms with E-state index in [4.69, 9.17) is 0 Å². The molecular weight excluding hydrogens is 260 g/mol. The lowest BCUT2D eigenvalue weighted by atomic mass is 9.97. The summed E-state index contributed by atoms with van der Waals surface area (Å²) in [6.07, 6.45) is 8.28. The van der Waals surface area contributed by atoms with Crippen molar-refractivity contribution in [3.63, 3.8) is 0 Å². The van der Waals surface area contributed by atoms with Crippen LogP contribution >= 0.6 is 0 Å². The molecule has 0 radical (unpaired) electrons. The van der Waals surface area contributed by atoms with Crippen molar-refractivity contribution in [1.82, 2.24) is 5.32 Å². The number of amides is 1. The van der Waals surface area contributed by atoms with Crippen molar-refractivity contribution in [3.8, 4) is 0 Å². The highest BCUT2D eigenvalue weighted by Crippen LogP contribution is 2.28. The van der Waals surface area contributed by atoms with Gasteiger partial charge in [-0.25, -0.2) is 0 Å². The molecule has 1 heterocycles. The minimum Gasteiger partial charge on any atom is -0.326 e. The maximum atomic E-state index is 11.5. The summed E-state index contributed by atoms with van der Waals surface area (Å²) in [5.74, 6) is 0.113. The third-order valence-corrected chi connectivity index (χ3v) is 4.20. The number of carbonyl (C=O) groups is 1. The van der Waals surface area contributed by atoms with Gasteiger partial charge in [-0.3, -0.25) is 4.79 Å². The van der Waals surface area contributed by atoms with Gasteiger partial charge in [-0.2, -0.15) is 0 Å². The zero-order chi connectivity index (χ0) is 15.1. The first-order chi connectivity index (χ1) is 10.2. The molecule has 0 spiro atoms. The highest BCUT2D eigenvalue weighted by molar-refractivity contribution is 5.99. The largest absolute Gasteiger partial charge is 0.326 e. The van der Waals surface area contributed by atoms with Gasteiger partial charge in [0.1, 0.15) is 0 Å². The Labute approximate surface area is 128 Å². The lowest BCUT2D eigenvalue weighted by Gasteiger charge is -2.19. The number of unbranched alkanes of at least 4 members (excludes halogenated alkanes) is 4. The number of fused-ring (bicyclic) bond motifs is 1. The Morgan fingerprint density at radius 1 is 1.19 bits per heavy atom. The van der Waals surface area contributed by atoms with Crippen LogP contribution in [0, 0.1) is 0 Å². The van der Waals surface area contributed by atoms with Crippen LogP contribution in [0.25, 0.3) is 0 Å². The van der Waals surface area contributed by atoms with Gasteiger partial charge in [0, 0.05) is 11.7 Å². The zero-order valence-corrected chi connectivity index (χ0v) is 13.4. The van der Waals surface area contributed by atoms with Gasteiger partial charge >= 0.3 is 0 Å². The molecule has 3 heteroatoms. The Bertz CT molecular complexity index is 470. The lowest BCUT2D eigenvalue weighted by molar-refractivity contribution is -0.115. The van der Waals surface area contributed by atoms with Gasteiger partial charge in [0.05, 0.1) is 6.42 Å². The smallest absolute Gasteiger partial charge is 0.228 e. The summed E-state index contributed by atoms with van der Waals surface area (Å²) in [5.41, 5.74) is 3.45. The number of benzene rings is 1. The van der Waals surface area contributed by atoms with Gasteiger partial charge in [-0.1, -0.05) is 58.1 Å². The van der Waals surface area contributed by atoms with Crippen LogP contribution in [0.4, 0.5) is 5.69 Å². The molecule has 0 fully saturated rings. The van der Waals surface area contributed by atoms with E-state index in [0.717, 1.165) is 17.8 Å². The lowest BCUT2D eigenvalue weighted by Crippen LogP contribution is -2.21. The second-order valence-corrected chi connectivity index (χ2v) is 5.95. The minimum atomic E-state index is 0.113. The van der Waals surface area contributed by atoms with E-state index in [2.05, 4.69) is 42.7 Å². The van der Waals surface area contributed by atoms with Gasteiger partial charge < -0.3 is 10.6 Å². The van der Waals surface area contributed by atoms with Gasteiger partial charge in [-0.15, -0.1) is 0 Å². The van der Waals surface area contributed by atoms with E-state index >= 15 is 0 Å². The van der Waals surface area contributed by atoms with E-state index in [1.807, 2.05) is 0 Å². The number of carbonyl (C=O) groups excluding carboxylic acids is 1. The van der Waals surface area contributed by atoms with Crippen LogP contribution in [0.1, 0.15) is 69.5 Å². The molecule has 1 atom stereocenters. The molecular formula is C18H28N2O. The van der Waals surface area contributed by atoms with Gasteiger partial charge in [0.2, 0.25) is 5.91 Å². The third kappa shape index (κ3) is 4.57. The first-order valence-electron chi connectivity index (χ1n) is 8.40. The number of hydrogen-bond acceptors (Lipinski definition) is 2. The SMILES string of the molecule is CCCCCCCC(NCC)c1ccc2c(c1)CC(=O)N2. The molecule has 1 aromatic carbocycles. The first kappa shape index (κ1) is 16.0. The van der Waals surface area contributed by atoms with Crippen LogP contribution in [0.5, 0.6) is 0 Å². The summed E-state index contributed by atoms with van der Waals surface area (Å²) in [6, 6.07) is 6.82. The topological polar surface area (TPSA) is 41.1 Å². The molecule has 0 saturated heterocycles. The summed E-state index contributed by atoms with van der Waals surface area (Å²) in [7, 11) is 0. The molecule has 2 N–H and O–H groups in total. The van der Waals surface area contributed by atoms with Gasteiger partial charge in [0.15, 0.2) is 0 Å². The fraction of sp³-hybridized carbons (Fsp3) is 0.611. The molecule has 1 aromatic rings. The molecule has 21 heavy (non-hydrogen) atoms. The van der Waals surface area contributed by atoms with Crippen molar-refractivity contribution in [2.75, 3.05) is 11.9 Å². The van der Waals surface area contributed by atoms with Crippen LogP contribution in [0.3, 0.4) is 0 Å². The second kappa shape index (κ2) is 8.18. The van der Waals surface area contributed by atoms with Crippen LogP contribution in [-0.4, -0.2) is 12.5 Å². The van der Waals surface area contributed by atoms with Crippen LogP contribution in [0.2, 0.25) is 0 Å². The molecule has 1 amide bonds. The monoisotopic (exact) mass is 288 g/mol. The first-order valence-corrected chi connectivity index (χ1v) is 8.40. The van der Waals surface area contributed by atoms with Crippen molar-refractivity contribution >= 4 is 11.6 Å². The summed E-state index contributed by atoms with van der Waals surface area (Å²) in [6.45, 7) is 5.39. The van der Waals surface area contributed by atoms with Crippen molar-refractivity contribution in [3.05, 3.63) is 29.3 Å². The molecule has 0 aromatic heterocycles. The normalized spacial score (nSPS) is 14.9. The zero-order valence-electron chi connectivity index (χ0n) is 13.4. The Kier molecular flexibility index (Phi) is 6.24. The fourth-order valence-electron chi connectivity index (χ4n) is 3.05. The molecule has 1 aliphatic rings. The Balaban J connectivity index is 1.94. The molecule has 1 aliphatic heterocycles. The fourth-order valence-corrected chi connectivity index (χ4v) is 3.05. The quantitative estimate of drug-likeness (QED) is 0.669. The second-order valence-electron chi connectivity index (χ2n) is 5.95. The maximum absolute atomic E-state index is 11.5. The van der Waals surface area contributed by atoms with Gasteiger partial charge in [0.25, 0.3) is 0 Å². The van der Waals surface area contributed by atoms with E-state index in [-0.39, 0.29) is 5.91 Å². The summed E-state index contributed by atoms with van der Waals surface area (Å²) >= 11 is 0. The highest BCUT2D eigenvalue weighted by Gasteiger charge is 2.19. The standard InChI is InChI=1S/C18H28N2O/c1-3-5-6-7-8-9-16(19-4-2)14-10-11-17-15(12-14)13-18(21)20-17/h10-12,16,19H,3-9,13H2,1-2H3,(H,20,21). The highest BCUT2D eigenvalue weighted by atomic mass is 16.1. The summed E-state index contributed by atoms with van der Waals surface area (Å²) in [5, 5.41) is 6.49. The van der Waals surface area contributed by atoms with Crippen molar-refractivity contribution in [1.29, 1.82) is 0 Å². The van der Waals surface area contributed by atoms with Crippen molar-refractivity contribution in [2.24, 2.45) is 0 Å². The Hall–Kier alpha value is -1.35. The number of nitrogens with one attached hydrogen (secondary N) is 2. The van der Waals surface area contributed by atoms with Gasteiger partial charge in [-0.05, 0) is 30.2 Å². The number of rotatable bonds is 9. The molecule has 0 bridgehead atoms. The predicted octanol–water partition coefficient (Wildman–Crippen LogP) is 4.19. The molecule has 116 valence electrons. The average Bonchev–Trinajstić information content (AvgIpc) is 2.85. The van der Waals surface area contributed by atoms with E-state index in [1.54, 1.807) is 0 Å². The summed E-state index contributed by atoms with van der Waals surface area (Å²) < 4.78 is 0. The molecule has 2 rings (SSSR count). The molecule has 0 saturated carbocycles. The predicted molar refractivity (Wildman–Crippen MR) is 88.6 cm³/mol.